The number of carbonyl (C=O) groups excluding carboxylic acids is 2. The van der Waals surface area contributed by atoms with E-state index in [-0.39, 0.29) is 11.8 Å². The summed E-state index contributed by atoms with van der Waals surface area (Å²) >= 11 is 0. The number of para-hydroxylation sites is 1. The molecule has 0 atom stereocenters. The summed E-state index contributed by atoms with van der Waals surface area (Å²) in [6.45, 7) is 0.500. The van der Waals surface area contributed by atoms with E-state index >= 15 is 0 Å². The van der Waals surface area contributed by atoms with E-state index in [1.54, 1.807) is 71.7 Å². The lowest BCUT2D eigenvalue weighted by molar-refractivity contribution is 0.102. The maximum atomic E-state index is 12.8. The Morgan fingerprint density at radius 1 is 0.800 bits per heavy atom. The van der Waals surface area contributed by atoms with Crippen LogP contribution in [0.2, 0.25) is 0 Å². The van der Waals surface area contributed by atoms with Gasteiger partial charge in [0.2, 0.25) is 0 Å². The minimum absolute atomic E-state index is 0.282. The fraction of sp³-hybridized carbons (Fsp3) is 0.0435. The molecule has 7 nitrogen and oxygen atoms in total. The van der Waals surface area contributed by atoms with Crippen LogP contribution in [0.1, 0.15) is 26.4 Å². The minimum Gasteiger partial charge on any atom is -0.321 e. The van der Waals surface area contributed by atoms with Gasteiger partial charge in [0.05, 0.1) is 23.5 Å². The second-order valence-corrected chi connectivity index (χ2v) is 6.54. The molecule has 0 aliphatic carbocycles. The summed E-state index contributed by atoms with van der Waals surface area (Å²) in [5.41, 5.74) is 2.16. The zero-order valence-electron chi connectivity index (χ0n) is 16.0. The van der Waals surface area contributed by atoms with Gasteiger partial charge in [-0.2, -0.15) is 5.10 Å². The van der Waals surface area contributed by atoms with Gasteiger partial charge in [-0.25, -0.2) is 0 Å². The molecule has 0 bridgehead atoms. The van der Waals surface area contributed by atoms with E-state index in [9.17, 15) is 9.59 Å². The zero-order valence-corrected chi connectivity index (χ0v) is 16.0. The fourth-order valence-corrected chi connectivity index (χ4v) is 2.93. The average Bonchev–Trinajstić information content (AvgIpc) is 3.22. The molecule has 0 saturated heterocycles. The predicted molar refractivity (Wildman–Crippen MR) is 114 cm³/mol. The van der Waals surface area contributed by atoms with Crippen molar-refractivity contribution in [3.8, 4) is 0 Å². The Hall–Kier alpha value is -4.26. The first-order valence-electron chi connectivity index (χ1n) is 9.39. The minimum atomic E-state index is -0.359. The fourth-order valence-electron chi connectivity index (χ4n) is 2.93. The molecule has 7 heteroatoms. The molecule has 148 valence electrons. The smallest absolute Gasteiger partial charge is 0.258 e. The zero-order chi connectivity index (χ0) is 20.8. The first-order chi connectivity index (χ1) is 14.7. The van der Waals surface area contributed by atoms with Gasteiger partial charge in [0, 0.05) is 24.0 Å². The van der Waals surface area contributed by atoms with Crippen LogP contribution in [0.25, 0.3) is 0 Å². The molecule has 30 heavy (non-hydrogen) atoms. The number of nitrogens with zero attached hydrogens (tertiary/aromatic N) is 3. The summed E-state index contributed by atoms with van der Waals surface area (Å²) in [7, 11) is 0. The maximum absolute atomic E-state index is 12.8. The maximum Gasteiger partial charge on any atom is 0.258 e. The number of nitrogens with one attached hydrogen (secondary N) is 2. The lowest BCUT2D eigenvalue weighted by atomic mass is 10.1. The third kappa shape index (κ3) is 4.59. The second kappa shape index (κ2) is 8.83. The van der Waals surface area contributed by atoms with E-state index in [1.807, 2.05) is 24.3 Å². The first-order valence-corrected chi connectivity index (χ1v) is 9.39. The van der Waals surface area contributed by atoms with Crippen molar-refractivity contribution in [3.63, 3.8) is 0 Å². The summed E-state index contributed by atoms with van der Waals surface area (Å²) in [4.78, 5) is 29.5. The van der Waals surface area contributed by atoms with Gasteiger partial charge < -0.3 is 10.6 Å². The highest BCUT2D eigenvalue weighted by Crippen LogP contribution is 2.18. The molecule has 0 saturated carbocycles. The highest BCUT2D eigenvalue weighted by molar-refractivity contribution is 6.12. The number of aromatic nitrogens is 3. The monoisotopic (exact) mass is 397 g/mol. The lowest BCUT2D eigenvalue weighted by Gasteiger charge is -2.10. The van der Waals surface area contributed by atoms with Crippen LogP contribution in [-0.2, 0) is 6.54 Å². The van der Waals surface area contributed by atoms with Gasteiger partial charge >= 0.3 is 0 Å². The molecule has 2 aromatic carbocycles. The highest BCUT2D eigenvalue weighted by atomic mass is 16.2. The number of rotatable bonds is 6. The second-order valence-electron chi connectivity index (χ2n) is 6.54. The summed E-state index contributed by atoms with van der Waals surface area (Å²) in [5, 5.41) is 9.94. The van der Waals surface area contributed by atoms with Gasteiger partial charge in [0.25, 0.3) is 11.8 Å². The van der Waals surface area contributed by atoms with Crippen LogP contribution in [0.4, 0.5) is 11.5 Å². The molecule has 2 heterocycles. The Bertz CT molecular complexity index is 1160. The van der Waals surface area contributed by atoms with E-state index in [0.29, 0.717) is 29.2 Å². The normalized spacial score (nSPS) is 10.4. The van der Waals surface area contributed by atoms with Gasteiger partial charge in [-0.1, -0.05) is 36.4 Å². The Balaban J connectivity index is 1.46. The summed E-state index contributed by atoms with van der Waals surface area (Å²) in [5.74, 6) is -0.224. The van der Waals surface area contributed by atoms with Gasteiger partial charge in [-0.3, -0.25) is 19.3 Å². The molecular weight excluding hydrogens is 378 g/mol. The van der Waals surface area contributed by atoms with E-state index in [0.717, 1.165) is 5.69 Å². The van der Waals surface area contributed by atoms with Gasteiger partial charge in [0.1, 0.15) is 0 Å². The molecule has 0 spiro atoms. The summed E-state index contributed by atoms with van der Waals surface area (Å²) in [6, 6.07) is 23.1. The quantitative estimate of drug-likeness (QED) is 0.517. The Kier molecular flexibility index (Phi) is 5.61. The van der Waals surface area contributed by atoms with Crippen LogP contribution < -0.4 is 10.6 Å². The van der Waals surface area contributed by atoms with Crippen molar-refractivity contribution in [3.05, 3.63) is 108 Å². The molecule has 0 aliphatic rings. The topological polar surface area (TPSA) is 88.9 Å². The van der Waals surface area contributed by atoms with Crippen molar-refractivity contribution >= 4 is 23.3 Å². The van der Waals surface area contributed by atoms with Crippen molar-refractivity contribution in [1.29, 1.82) is 0 Å². The van der Waals surface area contributed by atoms with Crippen LogP contribution >= 0.6 is 0 Å². The van der Waals surface area contributed by atoms with Crippen LogP contribution in [0.3, 0.4) is 0 Å². The van der Waals surface area contributed by atoms with Crippen LogP contribution in [0.15, 0.2) is 91.3 Å². The standard InChI is InChI=1S/C23H19N5O2/c29-22(17-8-2-1-3-9-17)25-20-12-5-4-11-19(20)23(30)26-21-13-15-28(27-21)16-18-10-6-7-14-24-18/h1-15H,16H2,(H,25,29)(H,26,27,30). The Labute approximate surface area is 173 Å². The van der Waals surface area contributed by atoms with E-state index < -0.39 is 0 Å². The van der Waals surface area contributed by atoms with Gasteiger partial charge in [0.15, 0.2) is 5.82 Å². The molecule has 2 aromatic heterocycles. The van der Waals surface area contributed by atoms with Crippen LogP contribution in [0, 0.1) is 0 Å². The van der Waals surface area contributed by atoms with Crippen LogP contribution in [-0.4, -0.2) is 26.6 Å². The number of anilines is 2. The van der Waals surface area contributed by atoms with Crippen molar-refractivity contribution in [2.24, 2.45) is 0 Å². The van der Waals surface area contributed by atoms with Crippen molar-refractivity contribution < 1.29 is 9.59 Å². The Morgan fingerprint density at radius 3 is 2.37 bits per heavy atom. The molecule has 0 unspecified atom stereocenters. The number of carbonyl (C=O) groups is 2. The molecule has 2 amide bonds. The van der Waals surface area contributed by atoms with E-state index in [4.69, 9.17) is 0 Å². The third-order valence-electron chi connectivity index (χ3n) is 4.39. The summed E-state index contributed by atoms with van der Waals surface area (Å²) in [6.07, 6.45) is 3.50. The predicted octanol–water partition coefficient (Wildman–Crippen LogP) is 3.83. The molecule has 4 aromatic rings. The first kappa shape index (κ1) is 19.1. The number of hydrogen-bond donors (Lipinski definition) is 2. The molecule has 2 N–H and O–H groups in total. The molecule has 0 aliphatic heterocycles. The largest absolute Gasteiger partial charge is 0.321 e. The van der Waals surface area contributed by atoms with Gasteiger partial charge in [-0.05, 0) is 36.4 Å². The number of pyridine rings is 1. The number of hydrogen-bond acceptors (Lipinski definition) is 4. The van der Waals surface area contributed by atoms with E-state index in [1.165, 1.54) is 0 Å². The summed E-state index contributed by atoms with van der Waals surface area (Å²) < 4.78 is 1.70. The average molecular weight is 397 g/mol. The molecular formula is C23H19N5O2. The highest BCUT2D eigenvalue weighted by Gasteiger charge is 2.15. The Morgan fingerprint density at radius 2 is 1.57 bits per heavy atom. The lowest BCUT2D eigenvalue weighted by Crippen LogP contribution is -2.18. The third-order valence-corrected chi connectivity index (χ3v) is 4.39. The van der Waals surface area contributed by atoms with Crippen molar-refractivity contribution in [1.82, 2.24) is 14.8 Å². The van der Waals surface area contributed by atoms with E-state index in [2.05, 4.69) is 20.7 Å². The number of benzene rings is 2. The van der Waals surface area contributed by atoms with Crippen molar-refractivity contribution in [2.75, 3.05) is 10.6 Å². The SMILES string of the molecule is O=C(Nc1ccccc1C(=O)Nc1ccn(Cc2ccccn2)n1)c1ccccc1. The number of amides is 2. The molecule has 0 fully saturated rings. The van der Waals surface area contributed by atoms with Crippen LogP contribution in [0.5, 0.6) is 0 Å². The van der Waals surface area contributed by atoms with Gasteiger partial charge in [-0.15, -0.1) is 0 Å². The van der Waals surface area contributed by atoms with Crippen molar-refractivity contribution in [2.45, 2.75) is 6.54 Å². The molecule has 0 radical (unpaired) electrons. The molecule has 4 rings (SSSR count).